The number of nitrogens with two attached hydrogens (primary N) is 1. The second-order valence-corrected chi connectivity index (χ2v) is 5.31. The zero-order valence-electron chi connectivity index (χ0n) is 13.7. The van der Waals surface area contributed by atoms with E-state index in [-0.39, 0.29) is 5.95 Å². The van der Waals surface area contributed by atoms with Crippen molar-refractivity contribution in [1.82, 2.24) is 14.6 Å². The lowest BCUT2D eigenvalue weighted by Gasteiger charge is -2.11. The van der Waals surface area contributed by atoms with Gasteiger partial charge in [-0.1, -0.05) is 6.07 Å². The van der Waals surface area contributed by atoms with Gasteiger partial charge in [0.15, 0.2) is 0 Å². The van der Waals surface area contributed by atoms with Crippen molar-refractivity contribution in [2.24, 2.45) is 5.11 Å². The highest BCUT2D eigenvalue weighted by Gasteiger charge is 2.15. The molecule has 130 valence electrons. The third kappa shape index (κ3) is 3.21. The zero-order valence-corrected chi connectivity index (χ0v) is 13.7. The van der Waals surface area contributed by atoms with Gasteiger partial charge in [-0.15, -0.1) is 5.10 Å². The molecule has 0 fully saturated rings. The number of rotatable bonds is 7. The summed E-state index contributed by atoms with van der Waals surface area (Å²) in [4.78, 5) is 4.11. The number of fused-ring (bicyclic) bond motifs is 1. The van der Waals surface area contributed by atoms with Gasteiger partial charge >= 0.3 is 0 Å². The summed E-state index contributed by atoms with van der Waals surface area (Å²) < 4.78 is 19.3. The zero-order chi connectivity index (χ0) is 17.8. The molecular weight excluding hydrogens is 325 g/mol. The van der Waals surface area contributed by atoms with E-state index >= 15 is 0 Å². The number of aromatic nitrogens is 3. The molecule has 0 saturated carbocycles. The number of hydrogen-bond donors (Lipinski definition) is 3. The average molecular weight is 343 g/mol. The van der Waals surface area contributed by atoms with Crippen LogP contribution in [0.1, 0.15) is 6.42 Å². The lowest BCUT2D eigenvalue weighted by atomic mass is 10.1. The molecule has 0 aliphatic rings. The lowest BCUT2D eigenvalue weighted by Crippen LogP contribution is -2.04. The van der Waals surface area contributed by atoms with Crippen molar-refractivity contribution in [2.75, 3.05) is 31.4 Å². The number of hydrogen-bond acceptors (Lipinski definition) is 7. The number of methoxy groups -OCH3 is 1. The minimum atomic E-state index is -0.403. The van der Waals surface area contributed by atoms with E-state index in [0.717, 1.165) is 11.1 Å². The van der Waals surface area contributed by atoms with Gasteiger partial charge in [0.25, 0.3) is 0 Å². The van der Waals surface area contributed by atoms with E-state index in [0.29, 0.717) is 35.7 Å². The number of nitrogen functional groups attached to an aromatic ring is 1. The SMILES string of the molecule is COc1nc(N)nn2ccc(-c3ccc(N=N)c(NCCCF)c3)c12. The summed E-state index contributed by atoms with van der Waals surface area (Å²) in [5.41, 5.74) is 16.5. The van der Waals surface area contributed by atoms with Crippen LogP contribution in [0.15, 0.2) is 35.6 Å². The van der Waals surface area contributed by atoms with Crippen LogP contribution in [-0.2, 0) is 0 Å². The molecule has 0 saturated heterocycles. The van der Waals surface area contributed by atoms with E-state index in [1.165, 1.54) is 7.11 Å². The van der Waals surface area contributed by atoms with Crippen LogP contribution in [0, 0.1) is 5.53 Å². The van der Waals surface area contributed by atoms with Crippen molar-refractivity contribution in [1.29, 1.82) is 5.53 Å². The molecule has 0 aliphatic carbocycles. The standard InChI is InChI=1S/C16H18FN7O/c1-25-15-14-11(5-8-24(14)23-16(18)21-15)10-3-4-12(22-19)13(9-10)20-7-2-6-17/h3-5,8-9,19-20H,2,6-7H2,1H3,(H2,18,23). The molecular formula is C16H18FN7O. The molecule has 8 nitrogen and oxygen atoms in total. The Hall–Kier alpha value is -3.23. The molecule has 1 aromatic carbocycles. The summed E-state index contributed by atoms with van der Waals surface area (Å²) in [6, 6.07) is 7.31. The third-order valence-electron chi connectivity index (χ3n) is 3.74. The van der Waals surface area contributed by atoms with E-state index in [1.54, 1.807) is 16.8 Å². The van der Waals surface area contributed by atoms with E-state index in [4.69, 9.17) is 16.0 Å². The minimum Gasteiger partial charge on any atom is -0.479 e. The summed E-state index contributed by atoms with van der Waals surface area (Å²) in [6.45, 7) is 0.0576. The Kier molecular flexibility index (Phi) is 4.73. The van der Waals surface area contributed by atoms with Gasteiger partial charge in [0.2, 0.25) is 11.8 Å². The first-order valence-corrected chi connectivity index (χ1v) is 7.68. The molecule has 0 atom stereocenters. The van der Waals surface area contributed by atoms with Crippen LogP contribution in [-0.4, -0.2) is 34.9 Å². The second kappa shape index (κ2) is 7.12. The van der Waals surface area contributed by atoms with E-state index < -0.39 is 6.67 Å². The van der Waals surface area contributed by atoms with Crippen LogP contribution in [0.2, 0.25) is 0 Å². The second-order valence-electron chi connectivity index (χ2n) is 5.31. The maximum Gasteiger partial charge on any atom is 0.243 e. The molecule has 3 aromatic rings. The maximum atomic E-state index is 12.3. The fourth-order valence-electron chi connectivity index (χ4n) is 2.62. The van der Waals surface area contributed by atoms with Gasteiger partial charge in [0.05, 0.1) is 19.5 Å². The van der Waals surface area contributed by atoms with Crippen molar-refractivity contribution in [3.63, 3.8) is 0 Å². The number of ether oxygens (including phenoxy) is 1. The minimum absolute atomic E-state index is 0.114. The highest BCUT2D eigenvalue weighted by Crippen LogP contribution is 2.35. The molecule has 9 heteroatoms. The van der Waals surface area contributed by atoms with Crippen LogP contribution < -0.4 is 15.8 Å². The molecule has 0 amide bonds. The Morgan fingerprint density at radius 1 is 1.40 bits per heavy atom. The van der Waals surface area contributed by atoms with Crippen molar-refractivity contribution in [2.45, 2.75) is 6.42 Å². The molecule has 0 spiro atoms. The smallest absolute Gasteiger partial charge is 0.243 e. The van der Waals surface area contributed by atoms with E-state index in [2.05, 4.69) is 20.5 Å². The number of nitrogens with one attached hydrogen (secondary N) is 2. The Labute approximate surface area is 143 Å². The van der Waals surface area contributed by atoms with Gasteiger partial charge in [-0.05, 0) is 30.2 Å². The molecule has 3 rings (SSSR count). The van der Waals surface area contributed by atoms with Crippen molar-refractivity contribution >= 4 is 22.8 Å². The fraction of sp³-hybridized carbons (Fsp3) is 0.250. The van der Waals surface area contributed by atoms with Gasteiger partial charge in [-0.2, -0.15) is 10.1 Å². The highest BCUT2D eigenvalue weighted by molar-refractivity contribution is 5.87. The number of halogens is 1. The Balaban J connectivity index is 2.08. The summed E-state index contributed by atoms with van der Waals surface area (Å²) in [5, 5.41) is 10.8. The molecule has 4 N–H and O–H groups in total. The number of benzene rings is 1. The Bertz CT molecular complexity index is 909. The van der Waals surface area contributed by atoms with Crippen molar-refractivity contribution < 1.29 is 9.13 Å². The molecule has 25 heavy (non-hydrogen) atoms. The van der Waals surface area contributed by atoms with E-state index in [1.807, 2.05) is 18.2 Å². The first-order chi connectivity index (χ1) is 12.2. The first-order valence-electron chi connectivity index (χ1n) is 7.68. The summed E-state index contributed by atoms with van der Waals surface area (Å²) >= 11 is 0. The molecule has 0 radical (unpaired) electrons. The van der Waals surface area contributed by atoms with Crippen LogP contribution in [0.25, 0.3) is 16.6 Å². The van der Waals surface area contributed by atoms with Crippen LogP contribution in [0.4, 0.5) is 21.7 Å². The molecule has 0 bridgehead atoms. The number of alkyl halides is 1. The highest BCUT2D eigenvalue weighted by atomic mass is 19.1. The van der Waals surface area contributed by atoms with Gasteiger partial charge < -0.3 is 15.8 Å². The van der Waals surface area contributed by atoms with Crippen LogP contribution in [0.5, 0.6) is 5.88 Å². The number of nitrogens with zero attached hydrogens (tertiary/aromatic N) is 4. The van der Waals surface area contributed by atoms with Crippen LogP contribution >= 0.6 is 0 Å². The summed E-state index contributed by atoms with van der Waals surface area (Å²) in [6.07, 6.45) is 2.15. The van der Waals surface area contributed by atoms with Crippen LogP contribution in [0.3, 0.4) is 0 Å². The fourth-order valence-corrected chi connectivity index (χ4v) is 2.62. The van der Waals surface area contributed by atoms with Crippen molar-refractivity contribution in [3.8, 4) is 17.0 Å². The Morgan fingerprint density at radius 2 is 2.24 bits per heavy atom. The molecule has 0 unspecified atom stereocenters. The summed E-state index contributed by atoms with van der Waals surface area (Å²) in [5.74, 6) is 0.483. The predicted octanol–water partition coefficient (Wildman–Crippen LogP) is 3.42. The van der Waals surface area contributed by atoms with Gasteiger partial charge in [-0.25, -0.2) is 10.0 Å². The molecule has 0 aliphatic heterocycles. The monoisotopic (exact) mass is 343 g/mol. The number of anilines is 2. The first kappa shape index (κ1) is 16.6. The van der Waals surface area contributed by atoms with Gasteiger partial charge in [0, 0.05) is 18.3 Å². The molecule has 2 aromatic heterocycles. The summed E-state index contributed by atoms with van der Waals surface area (Å²) in [7, 11) is 1.52. The quantitative estimate of drug-likeness (QED) is 0.449. The Morgan fingerprint density at radius 3 is 2.96 bits per heavy atom. The average Bonchev–Trinajstić information content (AvgIpc) is 3.04. The predicted molar refractivity (Wildman–Crippen MR) is 93.3 cm³/mol. The molecule has 2 heterocycles. The topological polar surface area (TPSA) is 114 Å². The largest absolute Gasteiger partial charge is 0.479 e. The van der Waals surface area contributed by atoms with Crippen molar-refractivity contribution in [3.05, 3.63) is 30.5 Å². The van der Waals surface area contributed by atoms with E-state index in [9.17, 15) is 4.39 Å². The lowest BCUT2D eigenvalue weighted by molar-refractivity contribution is 0.400. The third-order valence-corrected chi connectivity index (χ3v) is 3.74. The normalized spacial score (nSPS) is 10.8. The maximum absolute atomic E-state index is 12.3. The van der Waals surface area contributed by atoms with Gasteiger partial charge in [-0.3, -0.25) is 4.39 Å². The van der Waals surface area contributed by atoms with Gasteiger partial charge in [0.1, 0.15) is 11.2 Å².